The van der Waals surface area contributed by atoms with Crippen molar-refractivity contribution in [3.05, 3.63) is 71.4 Å². The van der Waals surface area contributed by atoms with Crippen molar-refractivity contribution in [2.45, 2.75) is 40.2 Å². The quantitative estimate of drug-likeness (QED) is 0.434. The van der Waals surface area contributed by atoms with Gasteiger partial charge < -0.3 is 14.6 Å². The van der Waals surface area contributed by atoms with Crippen molar-refractivity contribution in [1.29, 1.82) is 0 Å². The molecule has 0 spiro atoms. The highest BCUT2D eigenvalue weighted by Crippen LogP contribution is 2.21. The Bertz CT molecular complexity index is 1230. The van der Waals surface area contributed by atoms with E-state index in [9.17, 15) is 4.79 Å². The van der Waals surface area contributed by atoms with Gasteiger partial charge in [0.1, 0.15) is 5.75 Å². The molecule has 1 amide bonds. The van der Waals surface area contributed by atoms with Gasteiger partial charge in [-0.05, 0) is 43.7 Å². The average molecular weight is 447 g/mol. The molecular weight excluding hydrogens is 420 g/mol. The lowest BCUT2D eigenvalue weighted by molar-refractivity contribution is 0.0950. The summed E-state index contributed by atoms with van der Waals surface area (Å²) >= 11 is 0. The van der Waals surface area contributed by atoms with Gasteiger partial charge in [0.25, 0.3) is 11.8 Å². The first-order valence-corrected chi connectivity index (χ1v) is 10.8. The van der Waals surface area contributed by atoms with Gasteiger partial charge in [-0.2, -0.15) is 10.1 Å². The lowest BCUT2D eigenvalue weighted by Crippen LogP contribution is -2.23. The number of hydrogen-bond acceptors (Lipinski definition) is 7. The molecule has 0 fully saturated rings. The van der Waals surface area contributed by atoms with Gasteiger partial charge in [-0.15, -0.1) is 0 Å². The number of hydrogen-bond donors (Lipinski definition) is 1. The molecule has 0 saturated heterocycles. The molecule has 0 radical (unpaired) electrons. The fourth-order valence-electron chi connectivity index (χ4n) is 3.24. The van der Waals surface area contributed by atoms with Crippen LogP contribution in [-0.2, 0) is 6.54 Å². The summed E-state index contributed by atoms with van der Waals surface area (Å²) in [6.45, 7) is 8.81. The maximum atomic E-state index is 12.7. The van der Waals surface area contributed by atoms with Crippen molar-refractivity contribution in [1.82, 2.24) is 30.2 Å². The Kier molecular flexibility index (Phi) is 6.48. The molecule has 4 rings (SSSR count). The van der Waals surface area contributed by atoms with Crippen LogP contribution >= 0.6 is 0 Å². The van der Waals surface area contributed by atoms with Crippen molar-refractivity contribution in [3.8, 4) is 23.0 Å². The van der Waals surface area contributed by atoms with E-state index < -0.39 is 0 Å². The highest BCUT2D eigenvalue weighted by Gasteiger charge is 2.17. The fraction of sp³-hybridized carbons (Fsp3) is 0.292. The van der Waals surface area contributed by atoms with Crippen LogP contribution in [0.4, 0.5) is 0 Å². The van der Waals surface area contributed by atoms with E-state index in [-0.39, 0.29) is 11.8 Å². The largest absolute Gasteiger partial charge is 0.494 e. The van der Waals surface area contributed by atoms with E-state index in [2.05, 4.69) is 25.5 Å². The zero-order chi connectivity index (χ0) is 23.4. The Hall–Kier alpha value is -4.01. The van der Waals surface area contributed by atoms with Crippen molar-refractivity contribution < 1.29 is 14.1 Å². The molecule has 0 atom stereocenters. The maximum absolute atomic E-state index is 12.7. The number of amides is 1. The maximum Gasteiger partial charge on any atom is 0.259 e. The van der Waals surface area contributed by atoms with E-state index in [1.165, 1.54) is 0 Å². The molecule has 0 aliphatic carbocycles. The smallest absolute Gasteiger partial charge is 0.259 e. The van der Waals surface area contributed by atoms with Crippen LogP contribution < -0.4 is 10.1 Å². The van der Waals surface area contributed by atoms with Crippen molar-refractivity contribution in [2.75, 3.05) is 6.61 Å². The summed E-state index contributed by atoms with van der Waals surface area (Å²) in [5.41, 5.74) is 2.89. The number of carbonyl (C=O) groups excluding carboxylic acids is 1. The zero-order valence-corrected chi connectivity index (χ0v) is 19.1. The van der Waals surface area contributed by atoms with Crippen molar-refractivity contribution in [2.24, 2.45) is 0 Å². The number of ether oxygens (including phenoxy) is 1. The van der Waals surface area contributed by atoms with Crippen molar-refractivity contribution in [3.63, 3.8) is 0 Å². The van der Waals surface area contributed by atoms with Crippen LogP contribution in [0.25, 0.3) is 17.3 Å². The summed E-state index contributed by atoms with van der Waals surface area (Å²) in [5.74, 6) is 2.45. The first-order chi connectivity index (χ1) is 16.0. The Morgan fingerprint density at radius 2 is 1.94 bits per heavy atom. The summed E-state index contributed by atoms with van der Waals surface area (Å²) in [7, 11) is 0. The van der Waals surface area contributed by atoms with Crippen LogP contribution in [0.3, 0.4) is 0 Å². The fourth-order valence-corrected chi connectivity index (χ4v) is 3.24. The first kappa shape index (κ1) is 22.2. The molecule has 1 aromatic carbocycles. The molecule has 9 heteroatoms. The highest BCUT2D eigenvalue weighted by atomic mass is 16.5. The second kappa shape index (κ2) is 9.64. The highest BCUT2D eigenvalue weighted by molar-refractivity contribution is 5.95. The van der Waals surface area contributed by atoms with Crippen LogP contribution in [0.2, 0.25) is 0 Å². The molecule has 3 heterocycles. The van der Waals surface area contributed by atoms with Gasteiger partial charge >= 0.3 is 0 Å². The number of nitrogens with one attached hydrogen (secondary N) is 1. The molecule has 0 saturated carbocycles. The summed E-state index contributed by atoms with van der Waals surface area (Å²) in [6, 6.07) is 11.3. The molecule has 170 valence electrons. The van der Waals surface area contributed by atoms with Gasteiger partial charge in [-0.3, -0.25) is 4.79 Å². The summed E-state index contributed by atoms with van der Waals surface area (Å²) < 4.78 is 12.4. The van der Waals surface area contributed by atoms with Crippen LogP contribution in [0.5, 0.6) is 5.75 Å². The second-order valence-electron chi connectivity index (χ2n) is 7.83. The minimum absolute atomic E-state index is 0.181. The Labute approximate surface area is 191 Å². The Balaban J connectivity index is 1.43. The third-order valence-electron chi connectivity index (χ3n) is 5.11. The molecule has 33 heavy (non-hydrogen) atoms. The molecule has 9 nitrogen and oxygen atoms in total. The summed E-state index contributed by atoms with van der Waals surface area (Å²) in [6.07, 6.45) is 3.20. The van der Waals surface area contributed by atoms with Crippen LogP contribution in [-0.4, -0.2) is 37.4 Å². The molecule has 0 aliphatic heterocycles. The predicted octanol–water partition coefficient (Wildman–Crippen LogP) is 4.08. The van der Waals surface area contributed by atoms with Gasteiger partial charge in [-0.25, -0.2) is 9.67 Å². The molecule has 3 aromatic heterocycles. The summed E-state index contributed by atoms with van der Waals surface area (Å²) in [5, 5.41) is 11.3. The monoisotopic (exact) mass is 446 g/mol. The van der Waals surface area contributed by atoms with E-state index in [0.717, 1.165) is 16.9 Å². The molecular formula is C24H26N6O3. The number of pyridine rings is 1. The molecule has 0 bridgehead atoms. The van der Waals surface area contributed by atoms with E-state index in [1.54, 1.807) is 23.1 Å². The third kappa shape index (κ3) is 4.92. The van der Waals surface area contributed by atoms with Gasteiger partial charge in [0.2, 0.25) is 0 Å². The number of benzene rings is 1. The van der Waals surface area contributed by atoms with E-state index >= 15 is 0 Å². The Morgan fingerprint density at radius 1 is 1.15 bits per heavy atom. The predicted molar refractivity (Wildman–Crippen MR) is 122 cm³/mol. The normalized spacial score (nSPS) is 11.1. The third-order valence-corrected chi connectivity index (χ3v) is 5.11. The molecule has 4 aromatic rings. The number of nitrogens with zero attached hydrogens (tertiary/aromatic N) is 5. The number of carbonyl (C=O) groups is 1. The van der Waals surface area contributed by atoms with E-state index in [1.807, 2.05) is 58.0 Å². The minimum Gasteiger partial charge on any atom is -0.494 e. The topological polar surface area (TPSA) is 108 Å². The number of rotatable bonds is 8. The molecule has 1 N–H and O–H groups in total. The lowest BCUT2D eigenvalue weighted by Gasteiger charge is -2.08. The van der Waals surface area contributed by atoms with Gasteiger partial charge in [0.05, 0.1) is 29.6 Å². The lowest BCUT2D eigenvalue weighted by atomic mass is 10.2. The molecule has 0 unspecified atom stereocenters. The first-order valence-electron chi connectivity index (χ1n) is 10.8. The Morgan fingerprint density at radius 3 is 2.58 bits per heavy atom. The molecule has 0 aliphatic rings. The van der Waals surface area contributed by atoms with E-state index in [4.69, 9.17) is 9.26 Å². The van der Waals surface area contributed by atoms with Gasteiger partial charge in [0, 0.05) is 18.7 Å². The average Bonchev–Trinajstić information content (AvgIpc) is 3.46. The standard InChI is InChI=1S/C24H26N6O3/c1-5-32-19-9-6-17(7-10-19)12-26-23(31)20-14-27-30(16(20)4)21-11-8-18(13-25-21)24-28-22(15(2)3)29-33-24/h6-11,13-15H,5,12H2,1-4H3,(H,26,31). The van der Waals surface area contributed by atoms with Gasteiger partial charge in [0.15, 0.2) is 11.6 Å². The second-order valence-corrected chi connectivity index (χ2v) is 7.83. The van der Waals surface area contributed by atoms with Crippen molar-refractivity contribution >= 4 is 5.91 Å². The van der Waals surface area contributed by atoms with Crippen LogP contribution in [0.1, 0.15) is 54.1 Å². The summed E-state index contributed by atoms with van der Waals surface area (Å²) in [4.78, 5) is 21.6. The minimum atomic E-state index is -0.198. The number of aromatic nitrogens is 5. The van der Waals surface area contributed by atoms with Crippen LogP contribution in [0, 0.1) is 6.92 Å². The zero-order valence-electron chi connectivity index (χ0n) is 19.1. The van der Waals surface area contributed by atoms with Crippen LogP contribution in [0.15, 0.2) is 53.3 Å². The SMILES string of the molecule is CCOc1ccc(CNC(=O)c2cnn(-c3ccc(-c4nc(C(C)C)no4)cn3)c2C)cc1. The van der Waals surface area contributed by atoms with Gasteiger partial charge in [-0.1, -0.05) is 31.1 Å². The van der Waals surface area contributed by atoms with E-state index in [0.29, 0.717) is 41.9 Å².